The maximum absolute atomic E-state index is 13.5. The van der Waals surface area contributed by atoms with Gasteiger partial charge in [-0.1, -0.05) is 18.2 Å². The molecule has 1 aromatic carbocycles. The van der Waals surface area contributed by atoms with E-state index in [-0.39, 0.29) is 30.8 Å². The Labute approximate surface area is 101 Å². The molecule has 0 aliphatic rings. The standard InChI is InChI=1S/C13H18FNO2/c1-10(11-6-3-4-7-12(11)14)15(2)13(17)8-5-9-16/h3-4,6-7,10,16H,5,8-9H2,1-2H3. The lowest BCUT2D eigenvalue weighted by molar-refractivity contribution is -0.132. The minimum atomic E-state index is -0.304. The van der Waals surface area contributed by atoms with E-state index in [0.717, 1.165) is 0 Å². The predicted octanol–water partition coefficient (Wildman–Crippen LogP) is 2.12. The summed E-state index contributed by atoms with van der Waals surface area (Å²) in [6.45, 7) is 1.78. The molecule has 1 rings (SSSR count). The first-order valence-electron chi connectivity index (χ1n) is 5.69. The molecule has 17 heavy (non-hydrogen) atoms. The summed E-state index contributed by atoms with van der Waals surface area (Å²) in [6.07, 6.45) is 0.721. The number of carbonyl (C=O) groups excluding carboxylic acids is 1. The lowest BCUT2D eigenvalue weighted by atomic mass is 10.1. The second-order valence-corrected chi connectivity index (χ2v) is 4.03. The van der Waals surface area contributed by atoms with Crippen molar-refractivity contribution in [2.24, 2.45) is 0 Å². The lowest BCUT2D eigenvalue weighted by Gasteiger charge is -2.25. The van der Waals surface area contributed by atoms with Gasteiger partial charge in [-0.05, 0) is 19.4 Å². The number of hydrogen-bond acceptors (Lipinski definition) is 2. The number of aliphatic hydroxyl groups excluding tert-OH is 1. The largest absolute Gasteiger partial charge is 0.396 e. The lowest BCUT2D eigenvalue weighted by Crippen LogP contribution is -2.30. The van der Waals surface area contributed by atoms with Gasteiger partial charge in [0, 0.05) is 25.6 Å². The molecule has 0 saturated carbocycles. The quantitative estimate of drug-likeness (QED) is 0.855. The Balaban J connectivity index is 2.72. The Morgan fingerprint density at radius 3 is 2.71 bits per heavy atom. The molecule has 0 spiro atoms. The smallest absolute Gasteiger partial charge is 0.222 e. The van der Waals surface area contributed by atoms with Gasteiger partial charge in [-0.2, -0.15) is 0 Å². The van der Waals surface area contributed by atoms with Gasteiger partial charge >= 0.3 is 0 Å². The Morgan fingerprint density at radius 1 is 1.47 bits per heavy atom. The average Bonchev–Trinajstić information content (AvgIpc) is 2.34. The van der Waals surface area contributed by atoms with Crippen LogP contribution < -0.4 is 0 Å². The molecule has 94 valence electrons. The van der Waals surface area contributed by atoms with E-state index in [1.165, 1.54) is 11.0 Å². The SMILES string of the molecule is CC(c1ccccc1F)N(C)C(=O)CCCO. The second-order valence-electron chi connectivity index (χ2n) is 4.03. The monoisotopic (exact) mass is 239 g/mol. The molecule has 0 saturated heterocycles. The van der Waals surface area contributed by atoms with Crippen molar-refractivity contribution in [2.75, 3.05) is 13.7 Å². The average molecular weight is 239 g/mol. The van der Waals surface area contributed by atoms with Crippen LogP contribution in [0.4, 0.5) is 4.39 Å². The molecule has 1 atom stereocenters. The highest BCUT2D eigenvalue weighted by molar-refractivity contribution is 5.76. The van der Waals surface area contributed by atoms with Crippen molar-refractivity contribution in [3.05, 3.63) is 35.6 Å². The number of carbonyl (C=O) groups is 1. The third-order valence-corrected chi connectivity index (χ3v) is 2.88. The number of rotatable bonds is 5. The van der Waals surface area contributed by atoms with Crippen LogP contribution in [-0.2, 0) is 4.79 Å². The maximum atomic E-state index is 13.5. The van der Waals surface area contributed by atoms with Crippen LogP contribution >= 0.6 is 0 Å². The minimum absolute atomic E-state index is 0.00629. The van der Waals surface area contributed by atoms with E-state index in [1.54, 1.807) is 32.2 Å². The number of hydrogen-bond donors (Lipinski definition) is 1. The summed E-state index contributed by atoms with van der Waals surface area (Å²) in [5.41, 5.74) is 0.507. The van der Waals surface area contributed by atoms with E-state index in [1.807, 2.05) is 0 Å². The fourth-order valence-corrected chi connectivity index (χ4v) is 1.65. The Hall–Kier alpha value is -1.42. The molecule has 0 heterocycles. The van der Waals surface area contributed by atoms with Gasteiger partial charge in [-0.25, -0.2) is 4.39 Å². The predicted molar refractivity (Wildman–Crippen MR) is 63.9 cm³/mol. The van der Waals surface area contributed by atoms with E-state index < -0.39 is 0 Å². The summed E-state index contributed by atoms with van der Waals surface area (Å²) in [5, 5.41) is 8.67. The molecule has 1 N–H and O–H groups in total. The molecule has 1 unspecified atom stereocenters. The van der Waals surface area contributed by atoms with Gasteiger partial charge in [-0.15, -0.1) is 0 Å². The van der Waals surface area contributed by atoms with E-state index in [0.29, 0.717) is 12.0 Å². The number of benzene rings is 1. The first kappa shape index (κ1) is 13.6. The van der Waals surface area contributed by atoms with Crippen LogP contribution in [0.15, 0.2) is 24.3 Å². The molecule has 0 aliphatic heterocycles. The minimum Gasteiger partial charge on any atom is -0.396 e. The fraction of sp³-hybridized carbons (Fsp3) is 0.462. The molecule has 0 bridgehead atoms. The fourth-order valence-electron chi connectivity index (χ4n) is 1.65. The van der Waals surface area contributed by atoms with Crippen LogP contribution in [0.3, 0.4) is 0 Å². The summed E-state index contributed by atoms with van der Waals surface area (Å²) in [5.74, 6) is -0.392. The molecular weight excluding hydrogens is 221 g/mol. The zero-order valence-corrected chi connectivity index (χ0v) is 10.2. The van der Waals surface area contributed by atoms with Crippen LogP contribution in [0.5, 0.6) is 0 Å². The highest BCUT2D eigenvalue weighted by Crippen LogP contribution is 2.22. The first-order valence-corrected chi connectivity index (χ1v) is 5.69. The number of amides is 1. The molecule has 4 heteroatoms. The van der Waals surface area contributed by atoms with Gasteiger partial charge in [0.1, 0.15) is 5.82 Å². The summed E-state index contributed by atoms with van der Waals surface area (Å²) >= 11 is 0. The Morgan fingerprint density at radius 2 is 2.12 bits per heavy atom. The Bertz CT molecular complexity index is 381. The summed E-state index contributed by atoms with van der Waals surface area (Å²) in [4.78, 5) is 13.2. The molecule has 0 aromatic heterocycles. The van der Waals surface area contributed by atoms with Crippen LogP contribution in [0.1, 0.15) is 31.4 Å². The van der Waals surface area contributed by atoms with Gasteiger partial charge in [0.05, 0.1) is 6.04 Å². The van der Waals surface area contributed by atoms with Crippen molar-refractivity contribution in [3.8, 4) is 0 Å². The van der Waals surface area contributed by atoms with E-state index in [4.69, 9.17) is 5.11 Å². The van der Waals surface area contributed by atoms with Crippen LogP contribution in [0, 0.1) is 5.82 Å². The number of aliphatic hydroxyl groups is 1. The van der Waals surface area contributed by atoms with E-state index >= 15 is 0 Å². The zero-order chi connectivity index (χ0) is 12.8. The Kier molecular flexibility index (Phi) is 5.10. The molecule has 0 aliphatic carbocycles. The number of halogens is 1. The normalized spacial score (nSPS) is 12.2. The third-order valence-electron chi connectivity index (χ3n) is 2.88. The van der Waals surface area contributed by atoms with Gasteiger partial charge < -0.3 is 10.0 Å². The highest BCUT2D eigenvalue weighted by Gasteiger charge is 2.19. The maximum Gasteiger partial charge on any atom is 0.222 e. The van der Waals surface area contributed by atoms with Crippen molar-refractivity contribution < 1.29 is 14.3 Å². The van der Waals surface area contributed by atoms with Gasteiger partial charge in [0.15, 0.2) is 0 Å². The summed E-state index contributed by atoms with van der Waals surface area (Å²) in [6, 6.07) is 6.13. The molecule has 0 fully saturated rings. The second kappa shape index (κ2) is 6.35. The topological polar surface area (TPSA) is 40.5 Å². The van der Waals surface area contributed by atoms with Gasteiger partial charge in [-0.3, -0.25) is 4.79 Å². The van der Waals surface area contributed by atoms with Crippen molar-refractivity contribution in [2.45, 2.75) is 25.8 Å². The number of nitrogens with zero attached hydrogens (tertiary/aromatic N) is 1. The van der Waals surface area contributed by atoms with E-state index in [2.05, 4.69) is 0 Å². The zero-order valence-electron chi connectivity index (χ0n) is 10.2. The van der Waals surface area contributed by atoms with Gasteiger partial charge in [0.25, 0.3) is 0 Å². The summed E-state index contributed by atoms with van der Waals surface area (Å²) in [7, 11) is 1.65. The highest BCUT2D eigenvalue weighted by atomic mass is 19.1. The molecular formula is C13H18FNO2. The van der Waals surface area contributed by atoms with Crippen LogP contribution in [0.25, 0.3) is 0 Å². The van der Waals surface area contributed by atoms with E-state index in [9.17, 15) is 9.18 Å². The first-order chi connectivity index (χ1) is 8.07. The van der Waals surface area contributed by atoms with Crippen molar-refractivity contribution >= 4 is 5.91 Å². The molecule has 3 nitrogen and oxygen atoms in total. The molecule has 0 radical (unpaired) electrons. The molecule has 1 aromatic rings. The third kappa shape index (κ3) is 3.53. The molecule has 1 amide bonds. The van der Waals surface area contributed by atoms with Gasteiger partial charge in [0.2, 0.25) is 5.91 Å². The van der Waals surface area contributed by atoms with Crippen LogP contribution in [0.2, 0.25) is 0 Å². The van der Waals surface area contributed by atoms with Crippen LogP contribution in [-0.4, -0.2) is 29.6 Å². The summed E-state index contributed by atoms with van der Waals surface area (Å²) < 4.78 is 13.5. The van der Waals surface area contributed by atoms with Crippen molar-refractivity contribution in [3.63, 3.8) is 0 Å². The van der Waals surface area contributed by atoms with Crippen molar-refractivity contribution in [1.82, 2.24) is 4.90 Å². The van der Waals surface area contributed by atoms with Crippen molar-refractivity contribution in [1.29, 1.82) is 0 Å².